The van der Waals surface area contributed by atoms with Crippen LogP contribution in [0.3, 0.4) is 0 Å². The van der Waals surface area contributed by atoms with Crippen LogP contribution < -0.4 is 5.32 Å². The Labute approximate surface area is 109 Å². The Kier molecular flexibility index (Phi) is 3.64. The molecule has 0 fully saturated rings. The molecule has 0 bridgehead atoms. The Balaban J connectivity index is 2.33. The molecule has 0 atom stereocenters. The number of halogens is 5. The van der Waals surface area contributed by atoms with Gasteiger partial charge in [0.05, 0.1) is 11.3 Å². The van der Waals surface area contributed by atoms with Crippen molar-refractivity contribution in [3.8, 4) is 0 Å². The second-order valence-electron chi connectivity index (χ2n) is 3.64. The number of nitrogens with one attached hydrogen (secondary N) is 1. The number of hydrogen-bond acceptors (Lipinski definition) is 2. The molecular weight excluding hydrogens is 283 g/mol. The average Bonchev–Trinajstić information content (AvgIpc) is 2.42. The van der Waals surface area contributed by atoms with Crippen LogP contribution in [-0.4, -0.2) is 10.9 Å². The Morgan fingerprint density at radius 1 is 0.950 bits per heavy atom. The molecule has 3 nitrogen and oxygen atoms in total. The first-order valence-electron chi connectivity index (χ1n) is 5.16. The molecule has 0 saturated heterocycles. The number of carbonyl (C=O) groups excluding carboxylic acids is 1. The quantitative estimate of drug-likeness (QED) is 0.524. The Bertz CT molecular complexity index is 690. The lowest BCUT2D eigenvalue weighted by Gasteiger charge is -2.08. The standard InChI is InChI=1S/C12H5F5N2O/c13-6-1-2-7(10(16)9(6)15)19-12(20)5-3-4-18-11(17)8(5)14/h1-4H,(H,19,20). The van der Waals surface area contributed by atoms with Crippen molar-refractivity contribution in [1.29, 1.82) is 0 Å². The second-order valence-corrected chi connectivity index (χ2v) is 3.64. The highest BCUT2D eigenvalue weighted by Crippen LogP contribution is 2.20. The van der Waals surface area contributed by atoms with Crippen LogP contribution >= 0.6 is 0 Å². The molecule has 2 aromatic rings. The fourth-order valence-corrected chi connectivity index (χ4v) is 1.41. The van der Waals surface area contributed by atoms with E-state index in [9.17, 15) is 26.7 Å². The molecule has 0 saturated carbocycles. The number of carbonyl (C=O) groups is 1. The highest BCUT2D eigenvalue weighted by molar-refractivity contribution is 6.04. The molecule has 20 heavy (non-hydrogen) atoms. The third-order valence-electron chi connectivity index (χ3n) is 2.37. The monoisotopic (exact) mass is 288 g/mol. The highest BCUT2D eigenvalue weighted by Gasteiger charge is 2.19. The van der Waals surface area contributed by atoms with E-state index in [0.29, 0.717) is 6.07 Å². The first kappa shape index (κ1) is 13.9. The molecule has 1 N–H and O–H groups in total. The van der Waals surface area contributed by atoms with Crippen molar-refractivity contribution < 1.29 is 26.7 Å². The van der Waals surface area contributed by atoms with E-state index < -0.39 is 46.4 Å². The normalized spacial score (nSPS) is 10.4. The van der Waals surface area contributed by atoms with Gasteiger partial charge in [-0.25, -0.2) is 22.5 Å². The molecule has 0 aliphatic heterocycles. The fraction of sp³-hybridized carbons (Fsp3) is 0. The maximum atomic E-state index is 13.3. The van der Waals surface area contributed by atoms with Crippen molar-refractivity contribution in [2.75, 3.05) is 5.32 Å². The smallest absolute Gasteiger partial charge is 0.258 e. The first-order chi connectivity index (χ1) is 9.41. The van der Waals surface area contributed by atoms with E-state index >= 15 is 0 Å². The average molecular weight is 288 g/mol. The van der Waals surface area contributed by atoms with Gasteiger partial charge in [0.25, 0.3) is 5.91 Å². The predicted octanol–water partition coefficient (Wildman–Crippen LogP) is 3.03. The number of amides is 1. The maximum Gasteiger partial charge on any atom is 0.258 e. The minimum absolute atomic E-state index is 0.581. The minimum atomic E-state index is -1.79. The summed E-state index contributed by atoms with van der Waals surface area (Å²) in [7, 11) is 0. The number of rotatable bonds is 2. The van der Waals surface area contributed by atoms with E-state index in [1.165, 1.54) is 0 Å². The molecule has 0 aliphatic carbocycles. The van der Waals surface area contributed by atoms with Crippen molar-refractivity contribution in [2.45, 2.75) is 0 Å². The molecular formula is C12H5F5N2O. The Morgan fingerprint density at radius 3 is 2.35 bits per heavy atom. The van der Waals surface area contributed by atoms with Crippen LogP contribution in [0.1, 0.15) is 10.4 Å². The third kappa shape index (κ3) is 2.44. The lowest BCUT2D eigenvalue weighted by molar-refractivity contribution is 0.102. The van der Waals surface area contributed by atoms with E-state index in [1.54, 1.807) is 0 Å². The topological polar surface area (TPSA) is 42.0 Å². The SMILES string of the molecule is O=C(Nc1ccc(F)c(F)c1F)c1ccnc(F)c1F. The van der Waals surface area contributed by atoms with Gasteiger partial charge in [-0.15, -0.1) is 0 Å². The van der Waals surface area contributed by atoms with Gasteiger partial charge in [-0.05, 0) is 18.2 Å². The summed E-state index contributed by atoms with van der Waals surface area (Å²) in [5.74, 6) is -9.15. The van der Waals surface area contributed by atoms with Crippen molar-refractivity contribution in [2.24, 2.45) is 0 Å². The van der Waals surface area contributed by atoms with Crippen LogP contribution in [0.5, 0.6) is 0 Å². The molecule has 104 valence electrons. The number of aromatic nitrogens is 1. The van der Waals surface area contributed by atoms with Gasteiger partial charge >= 0.3 is 0 Å². The lowest BCUT2D eigenvalue weighted by Crippen LogP contribution is -2.16. The van der Waals surface area contributed by atoms with Gasteiger partial charge in [-0.1, -0.05) is 0 Å². The van der Waals surface area contributed by atoms with Crippen LogP contribution in [0, 0.1) is 29.2 Å². The summed E-state index contributed by atoms with van der Waals surface area (Å²) in [6.07, 6.45) is 0.828. The fourth-order valence-electron chi connectivity index (χ4n) is 1.41. The second kappa shape index (κ2) is 5.24. The third-order valence-corrected chi connectivity index (χ3v) is 2.37. The maximum absolute atomic E-state index is 13.3. The molecule has 8 heteroatoms. The van der Waals surface area contributed by atoms with Gasteiger partial charge in [-0.3, -0.25) is 4.79 Å². The van der Waals surface area contributed by atoms with E-state index in [-0.39, 0.29) is 0 Å². The molecule has 0 aliphatic rings. The number of benzene rings is 1. The van der Waals surface area contributed by atoms with Crippen LogP contribution in [0.25, 0.3) is 0 Å². The van der Waals surface area contributed by atoms with Gasteiger partial charge in [-0.2, -0.15) is 4.39 Å². The van der Waals surface area contributed by atoms with E-state index in [0.717, 1.165) is 18.3 Å². The Hall–Kier alpha value is -2.51. The molecule has 0 radical (unpaired) electrons. The van der Waals surface area contributed by atoms with E-state index in [4.69, 9.17) is 0 Å². The molecule has 1 heterocycles. The number of pyridine rings is 1. The summed E-state index contributed by atoms with van der Waals surface area (Å²) < 4.78 is 65.0. The van der Waals surface area contributed by atoms with E-state index in [1.807, 2.05) is 5.32 Å². The van der Waals surface area contributed by atoms with Crippen LogP contribution in [-0.2, 0) is 0 Å². The summed E-state index contributed by atoms with van der Waals surface area (Å²) in [5, 5.41) is 1.81. The van der Waals surface area contributed by atoms with Gasteiger partial charge in [0, 0.05) is 6.20 Å². The van der Waals surface area contributed by atoms with E-state index in [2.05, 4.69) is 4.98 Å². The first-order valence-corrected chi connectivity index (χ1v) is 5.16. The zero-order valence-electron chi connectivity index (χ0n) is 9.55. The van der Waals surface area contributed by atoms with Crippen LogP contribution in [0.4, 0.5) is 27.6 Å². The van der Waals surface area contributed by atoms with Gasteiger partial charge in [0.1, 0.15) is 0 Å². The molecule has 1 aromatic heterocycles. The number of nitrogens with zero attached hydrogens (tertiary/aromatic N) is 1. The summed E-state index contributed by atoms with van der Waals surface area (Å²) in [5.41, 5.74) is -1.45. The van der Waals surface area contributed by atoms with Gasteiger partial charge in [0.15, 0.2) is 23.3 Å². The van der Waals surface area contributed by atoms with Crippen LogP contribution in [0.2, 0.25) is 0 Å². The number of anilines is 1. The van der Waals surface area contributed by atoms with Crippen LogP contribution in [0.15, 0.2) is 24.4 Å². The number of hydrogen-bond donors (Lipinski definition) is 1. The van der Waals surface area contributed by atoms with Crippen molar-refractivity contribution in [3.63, 3.8) is 0 Å². The Morgan fingerprint density at radius 2 is 1.65 bits per heavy atom. The predicted molar refractivity (Wildman–Crippen MR) is 58.4 cm³/mol. The largest absolute Gasteiger partial charge is 0.319 e. The molecule has 0 spiro atoms. The van der Waals surface area contributed by atoms with Gasteiger partial charge in [0.2, 0.25) is 5.95 Å². The summed E-state index contributed by atoms with van der Waals surface area (Å²) in [6, 6.07) is 2.18. The lowest BCUT2D eigenvalue weighted by atomic mass is 10.2. The molecule has 0 unspecified atom stereocenters. The zero-order valence-corrected chi connectivity index (χ0v) is 9.55. The summed E-state index contributed by atoms with van der Waals surface area (Å²) in [6.45, 7) is 0. The molecule has 1 amide bonds. The van der Waals surface area contributed by atoms with Crippen molar-refractivity contribution in [3.05, 3.63) is 59.2 Å². The van der Waals surface area contributed by atoms with Crippen molar-refractivity contribution in [1.82, 2.24) is 4.98 Å². The zero-order chi connectivity index (χ0) is 14.9. The van der Waals surface area contributed by atoms with Crippen molar-refractivity contribution >= 4 is 11.6 Å². The summed E-state index contributed by atoms with van der Waals surface area (Å²) in [4.78, 5) is 14.6. The highest BCUT2D eigenvalue weighted by atomic mass is 19.2. The minimum Gasteiger partial charge on any atom is -0.319 e. The molecule has 2 rings (SSSR count). The summed E-state index contributed by atoms with van der Waals surface area (Å²) >= 11 is 0. The van der Waals surface area contributed by atoms with Gasteiger partial charge < -0.3 is 5.32 Å². The molecule has 1 aromatic carbocycles.